The van der Waals surface area contributed by atoms with E-state index in [1.165, 1.54) is 25.7 Å². The van der Waals surface area contributed by atoms with Crippen LogP contribution in [0.15, 0.2) is 0 Å². The summed E-state index contributed by atoms with van der Waals surface area (Å²) in [4.78, 5) is 26.0. The van der Waals surface area contributed by atoms with Gasteiger partial charge in [0.15, 0.2) is 0 Å². The lowest BCUT2D eigenvalue weighted by atomic mass is 10.0. The molecule has 2 fully saturated rings. The van der Waals surface area contributed by atoms with Crippen LogP contribution in [0.2, 0.25) is 0 Å². The Morgan fingerprint density at radius 1 is 1.30 bits per heavy atom. The van der Waals surface area contributed by atoms with Gasteiger partial charge in [-0.1, -0.05) is 25.7 Å². The number of piperazine rings is 1. The normalized spacial score (nSPS) is 24.3. The fourth-order valence-corrected chi connectivity index (χ4v) is 3.10. The summed E-state index contributed by atoms with van der Waals surface area (Å²) in [5, 5.41) is 6.28. The van der Waals surface area contributed by atoms with E-state index in [1.54, 1.807) is 4.90 Å². The molecule has 1 saturated carbocycles. The number of nitrogens with zero attached hydrogens (tertiary/aromatic N) is 1. The van der Waals surface area contributed by atoms with Crippen molar-refractivity contribution in [2.24, 2.45) is 0 Å². The summed E-state index contributed by atoms with van der Waals surface area (Å²) in [6, 6.07) is 0.302. The van der Waals surface area contributed by atoms with Gasteiger partial charge in [-0.3, -0.25) is 9.59 Å². The van der Waals surface area contributed by atoms with Gasteiger partial charge < -0.3 is 15.5 Å². The molecule has 5 nitrogen and oxygen atoms in total. The van der Waals surface area contributed by atoms with Crippen LogP contribution >= 0.6 is 0 Å². The van der Waals surface area contributed by atoms with Crippen LogP contribution in [-0.4, -0.2) is 47.9 Å². The highest BCUT2D eigenvalue weighted by atomic mass is 16.2. The highest BCUT2D eigenvalue weighted by Crippen LogP contribution is 2.17. The topological polar surface area (TPSA) is 61.4 Å². The van der Waals surface area contributed by atoms with Crippen molar-refractivity contribution in [1.82, 2.24) is 15.5 Å². The van der Waals surface area contributed by atoms with Crippen LogP contribution in [0.5, 0.6) is 0 Å². The maximum absolute atomic E-state index is 12.2. The predicted molar refractivity (Wildman–Crippen MR) is 78.3 cm³/mol. The molecule has 0 aromatic carbocycles. The van der Waals surface area contributed by atoms with Gasteiger partial charge in [0.05, 0.1) is 12.1 Å². The summed E-state index contributed by atoms with van der Waals surface area (Å²) in [7, 11) is 0. The van der Waals surface area contributed by atoms with E-state index in [9.17, 15) is 9.59 Å². The monoisotopic (exact) mass is 281 g/mol. The molecule has 0 aromatic rings. The lowest BCUT2D eigenvalue weighted by Crippen LogP contribution is -2.62. The Hall–Kier alpha value is -1.10. The Kier molecular flexibility index (Phi) is 5.02. The average molecular weight is 281 g/mol. The van der Waals surface area contributed by atoms with E-state index >= 15 is 0 Å². The van der Waals surface area contributed by atoms with Gasteiger partial charge in [0.2, 0.25) is 11.8 Å². The molecule has 0 bridgehead atoms. The van der Waals surface area contributed by atoms with Crippen molar-refractivity contribution >= 4 is 11.8 Å². The van der Waals surface area contributed by atoms with Crippen LogP contribution in [0, 0.1) is 0 Å². The Bertz CT molecular complexity index is 360. The average Bonchev–Trinajstić information content (AvgIpc) is 2.63. The molecular weight excluding hydrogens is 254 g/mol. The Morgan fingerprint density at radius 3 is 2.60 bits per heavy atom. The fraction of sp³-hybridized carbons (Fsp3) is 0.867. The number of amides is 2. The Balaban J connectivity index is 1.83. The number of carbonyl (C=O) groups is 2. The van der Waals surface area contributed by atoms with Gasteiger partial charge in [-0.15, -0.1) is 0 Å². The van der Waals surface area contributed by atoms with Crippen LogP contribution in [0.25, 0.3) is 0 Å². The Morgan fingerprint density at radius 2 is 1.95 bits per heavy atom. The maximum atomic E-state index is 12.2. The van der Waals surface area contributed by atoms with E-state index in [-0.39, 0.29) is 18.4 Å². The van der Waals surface area contributed by atoms with Crippen molar-refractivity contribution in [1.29, 1.82) is 0 Å². The molecule has 114 valence electrons. The van der Waals surface area contributed by atoms with E-state index < -0.39 is 5.54 Å². The maximum Gasteiger partial charge on any atom is 0.242 e. The van der Waals surface area contributed by atoms with Crippen molar-refractivity contribution in [3.05, 3.63) is 0 Å². The summed E-state index contributed by atoms with van der Waals surface area (Å²) < 4.78 is 0. The summed E-state index contributed by atoms with van der Waals surface area (Å²) in [6.07, 6.45) is 7.10. The van der Waals surface area contributed by atoms with Crippen molar-refractivity contribution in [3.63, 3.8) is 0 Å². The van der Waals surface area contributed by atoms with Gasteiger partial charge in [0.25, 0.3) is 0 Å². The number of nitrogens with one attached hydrogen (secondary N) is 2. The quantitative estimate of drug-likeness (QED) is 0.760. The molecule has 0 unspecified atom stereocenters. The van der Waals surface area contributed by atoms with E-state index in [1.807, 2.05) is 13.8 Å². The standard InChI is InChI=1S/C15H27N3O2/c1-15(2)14(20)18(10-9-16-15)11-13(19)17-12-7-5-3-4-6-8-12/h12,16H,3-11H2,1-2H3,(H,17,19). The molecule has 0 aromatic heterocycles. The molecule has 1 aliphatic carbocycles. The van der Waals surface area contributed by atoms with Crippen LogP contribution in [0.4, 0.5) is 0 Å². The number of hydrogen-bond donors (Lipinski definition) is 2. The molecule has 1 saturated heterocycles. The second kappa shape index (κ2) is 6.57. The molecular formula is C15H27N3O2. The third-order valence-electron chi connectivity index (χ3n) is 4.33. The van der Waals surface area contributed by atoms with Gasteiger partial charge >= 0.3 is 0 Å². The van der Waals surface area contributed by atoms with Crippen LogP contribution < -0.4 is 10.6 Å². The first kappa shape index (κ1) is 15.3. The van der Waals surface area contributed by atoms with E-state index in [4.69, 9.17) is 0 Å². The highest BCUT2D eigenvalue weighted by molar-refractivity contribution is 5.90. The number of rotatable bonds is 3. The molecule has 0 radical (unpaired) electrons. The van der Waals surface area contributed by atoms with Gasteiger partial charge in [-0.05, 0) is 26.7 Å². The number of carbonyl (C=O) groups excluding carboxylic acids is 2. The second-order valence-electron chi connectivity index (χ2n) is 6.53. The minimum atomic E-state index is -0.555. The molecule has 2 amide bonds. The van der Waals surface area contributed by atoms with Crippen molar-refractivity contribution in [2.75, 3.05) is 19.6 Å². The molecule has 1 heterocycles. The molecule has 0 spiro atoms. The van der Waals surface area contributed by atoms with Gasteiger partial charge in [0.1, 0.15) is 0 Å². The zero-order valence-corrected chi connectivity index (χ0v) is 12.7. The second-order valence-corrected chi connectivity index (χ2v) is 6.53. The lowest BCUT2D eigenvalue weighted by molar-refractivity contribution is -0.143. The summed E-state index contributed by atoms with van der Waals surface area (Å²) in [5.41, 5.74) is -0.555. The lowest BCUT2D eigenvalue weighted by Gasteiger charge is -2.37. The van der Waals surface area contributed by atoms with Crippen LogP contribution in [-0.2, 0) is 9.59 Å². The first-order valence-electron chi connectivity index (χ1n) is 7.83. The van der Waals surface area contributed by atoms with Crippen molar-refractivity contribution < 1.29 is 9.59 Å². The minimum absolute atomic E-state index is 0.0112. The van der Waals surface area contributed by atoms with Crippen LogP contribution in [0.1, 0.15) is 52.4 Å². The largest absolute Gasteiger partial charge is 0.352 e. The Labute approximate surface area is 121 Å². The highest BCUT2D eigenvalue weighted by Gasteiger charge is 2.35. The van der Waals surface area contributed by atoms with Gasteiger partial charge in [-0.25, -0.2) is 0 Å². The number of hydrogen-bond acceptors (Lipinski definition) is 3. The molecule has 20 heavy (non-hydrogen) atoms. The molecule has 2 aliphatic rings. The molecule has 1 aliphatic heterocycles. The molecule has 2 N–H and O–H groups in total. The smallest absolute Gasteiger partial charge is 0.242 e. The molecule has 2 rings (SSSR count). The van der Waals surface area contributed by atoms with Gasteiger partial charge in [0, 0.05) is 19.1 Å². The molecule has 5 heteroatoms. The third kappa shape index (κ3) is 3.95. The van der Waals surface area contributed by atoms with Crippen molar-refractivity contribution in [2.45, 2.75) is 64.0 Å². The summed E-state index contributed by atoms with van der Waals surface area (Å²) in [5.74, 6) is 0.00252. The minimum Gasteiger partial charge on any atom is -0.352 e. The summed E-state index contributed by atoms with van der Waals surface area (Å²) >= 11 is 0. The van der Waals surface area contributed by atoms with Crippen molar-refractivity contribution in [3.8, 4) is 0 Å². The fourth-order valence-electron chi connectivity index (χ4n) is 3.10. The zero-order valence-electron chi connectivity index (χ0n) is 12.7. The van der Waals surface area contributed by atoms with E-state index in [0.717, 1.165) is 19.4 Å². The zero-order chi connectivity index (χ0) is 14.6. The van der Waals surface area contributed by atoms with Crippen LogP contribution in [0.3, 0.4) is 0 Å². The third-order valence-corrected chi connectivity index (χ3v) is 4.33. The summed E-state index contributed by atoms with van der Waals surface area (Å²) in [6.45, 7) is 5.28. The predicted octanol–water partition coefficient (Wildman–Crippen LogP) is 1.04. The van der Waals surface area contributed by atoms with E-state index in [2.05, 4.69) is 10.6 Å². The SMILES string of the molecule is CC1(C)NCCN(CC(=O)NC2CCCCCC2)C1=O. The van der Waals surface area contributed by atoms with Gasteiger partial charge in [-0.2, -0.15) is 0 Å². The first-order chi connectivity index (χ1) is 9.49. The molecule has 0 atom stereocenters. The first-order valence-corrected chi connectivity index (χ1v) is 7.83. The van der Waals surface area contributed by atoms with E-state index in [0.29, 0.717) is 12.6 Å².